The molecule has 0 bridgehead atoms. The number of phosphoric acid groups is 1. The van der Waals surface area contributed by atoms with E-state index in [2.05, 4.69) is 0 Å². The highest BCUT2D eigenvalue weighted by molar-refractivity contribution is 7.47. The molecule has 2 rings (SSSR count). The number of hydrogen-bond donors (Lipinski definition) is 1. The first-order valence-corrected chi connectivity index (χ1v) is 12.1. The number of carbonyl (C=O) groups is 1. The van der Waals surface area contributed by atoms with E-state index < -0.39 is 13.9 Å². The lowest BCUT2D eigenvalue weighted by atomic mass is 10.0. The summed E-state index contributed by atoms with van der Waals surface area (Å²) in [5, 5.41) is 1.72. The van der Waals surface area contributed by atoms with E-state index in [9.17, 15) is 14.3 Å². The van der Waals surface area contributed by atoms with E-state index in [0.717, 1.165) is 16.5 Å². The largest absolute Gasteiger partial charge is 0.490 e. The minimum Gasteiger partial charge on any atom is -0.490 e. The lowest BCUT2D eigenvalue weighted by molar-refractivity contribution is -0.870. The molecule has 9 nitrogen and oxygen atoms in total. The van der Waals surface area contributed by atoms with Crippen molar-refractivity contribution in [2.45, 2.75) is 13.0 Å². The first kappa shape index (κ1) is 27.2. The predicted octanol–water partition coefficient (Wildman–Crippen LogP) is 3.34. The number of phosphoric ester groups is 1. The first-order valence-electron chi connectivity index (χ1n) is 10.7. The molecule has 0 fully saturated rings. The summed E-state index contributed by atoms with van der Waals surface area (Å²) in [4.78, 5) is 23.9. The van der Waals surface area contributed by atoms with Crippen LogP contribution in [0.15, 0.2) is 30.3 Å². The maximum atomic E-state index is 12.2. The standard InChI is InChI=1S/C23H35N2O7P/c1-17(26)19-12-18-8-9-20(24(2)3)14-22(18)23(13-19)30-15-21(29-7)16-32-33(27,28)31-11-10-25(4,5)6/h8-9,12-14,21H,10-11,15-16H2,1-7H3/p+1/t21-/m1/s1. The van der Waals surface area contributed by atoms with Gasteiger partial charge in [0.2, 0.25) is 0 Å². The van der Waals surface area contributed by atoms with Gasteiger partial charge in [-0.15, -0.1) is 0 Å². The van der Waals surface area contributed by atoms with E-state index >= 15 is 0 Å². The average Bonchev–Trinajstić information content (AvgIpc) is 2.71. The monoisotopic (exact) mass is 483 g/mol. The lowest BCUT2D eigenvalue weighted by Crippen LogP contribution is -2.37. The van der Waals surface area contributed by atoms with Crippen molar-refractivity contribution in [1.82, 2.24) is 0 Å². The number of Topliss-reactive ketones (excluding diaryl/α,β-unsaturated/α-hetero) is 1. The minimum atomic E-state index is -4.21. The zero-order valence-electron chi connectivity index (χ0n) is 20.5. The van der Waals surface area contributed by atoms with Gasteiger partial charge in [-0.2, -0.15) is 0 Å². The van der Waals surface area contributed by atoms with Crippen LogP contribution >= 0.6 is 7.82 Å². The van der Waals surface area contributed by atoms with Crippen LogP contribution in [0.5, 0.6) is 5.75 Å². The molecule has 33 heavy (non-hydrogen) atoms. The van der Waals surface area contributed by atoms with Gasteiger partial charge in [-0.3, -0.25) is 13.8 Å². The van der Waals surface area contributed by atoms with Crippen LogP contribution in [0.1, 0.15) is 17.3 Å². The zero-order chi connectivity index (χ0) is 24.8. The van der Waals surface area contributed by atoms with Crippen molar-refractivity contribution < 1.29 is 37.3 Å². The molecule has 2 aromatic carbocycles. The molecule has 1 unspecified atom stereocenters. The maximum Gasteiger partial charge on any atom is 0.472 e. The zero-order valence-corrected chi connectivity index (χ0v) is 21.4. The second kappa shape index (κ2) is 11.4. The van der Waals surface area contributed by atoms with Crippen LogP contribution in [0.3, 0.4) is 0 Å². The fraction of sp³-hybridized carbons (Fsp3) is 0.522. The topological polar surface area (TPSA) is 94.5 Å². The van der Waals surface area contributed by atoms with Gasteiger partial charge in [-0.05, 0) is 36.6 Å². The van der Waals surface area contributed by atoms with Crippen molar-refractivity contribution in [2.24, 2.45) is 0 Å². The summed E-state index contributed by atoms with van der Waals surface area (Å²) in [5.41, 5.74) is 1.52. The lowest BCUT2D eigenvalue weighted by Gasteiger charge is -2.24. The van der Waals surface area contributed by atoms with Gasteiger partial charge in [0.15, 0.2) is 5.78 Å². The molecule has 0 amide bonds. The summed E-state index contributed by atoms with van der Waals surface area (Å²) < 4.78 is 34.2. The van der Waals surface area contributed by atoms with E-state index in [1.807, 2.05) is 64.4 Å². The Bertz CT molecular complexity index is 1000. The predicted molar refractivity (Wildman–Crippen MR) is 129 cm³/mol. The smallest absolute Gasteiger partial charge is 0.472 e. The molecular weight excluding hydrogens is 447 g/mol. The fourth-order valence-electron chi connectivity index (χ4n) is 2.92. The third-order valence-corrected chi connectivity index (χ3v) is 6.01. The molecule has 2 atom stereocenters. The summed E-state index contributed by atoms with van der Waals surface area (Å²) in [7, 11) is 7.00. The van der Waals surface area contributed by atoms with E-state index in [-0.39, 0.29) is 25.6 Å². The van der Waals surface area contributed by atoms with E-state index in [1.165, 1.54) is 14.0 Å². The number of fused-ring (bicyclic) bond motifs is 1. The number of benzene rings is 2. The van der Waals surface area contributed by atoms with Crippen LogP contribution in [-0.2, 0) is 18.3 Å². The summed E-state index contributed by atoms with van der Waals surface area (Å²) in [6.07, 6.45) is -0.625. The van der Waals surface area contributed by atoms with Gasteiger partial charge in [0.25, 0.3) is 0 Å². The second-order valence-electron chi connectivity index (χ2n) is 9.11. The van der Waals surface area contributed by atoms with Gasteiger partial charge in [-0.25, -0.2) is 4.57 Å². The number of carbonyl (C=O) groups excluding carboxylic acids is 1. The van der Waals surface area contributed by atoms with Crippen molar-refractivity contribution in [3.8, 4) is 5.75 Å². The summed E-state index contributed by atoms with van der Waals surface area (Å²) in [6, 6.07) is 9.42. The molecule has 0 aromatic heterocycles. The highest BCUT2D eigenvalue weighted by Crippen LogP contribution is 2.43. The van der Waals surface area contributed by atoms with Gasteiger partial charge in [0.1, 0.15) is 31.6 Å². The summed E-state index contributed by atoms with van der Waals surface area (Å²) >= 11 is 0. The summed E-state index contributed by atoms with van der Waals surface area (Å²) in [6.45, 7) is 2.00. The molecule has 2 aromatic rings. The Balaban J connectivity index is 2.10. The van der Waals surface area contributed by atoms with Crippen LogP contribution in [0.2, 0.25) is 0 Å². The highest BCUT2D eigenvalue weighted by Gasteiger charge is 2.25. The number of hydrogen-bond acceptors (Lipinski definition) is 7. The normalized spacial score (nSPS) is 14.7. The number of ether oxygens (including phenoxy) is 2. The van der Waals surface area contributed by atoms with Gasteiger partial charge in [-0.1, -0.05) is 6.07 Å². The molecule has 10 heteroatoms. The van der Waals surface area contributed by atoms with E-state index in [4.69, 9.17) is 18.5 Å². The number of likely N-dealkylation sites (N-methyl/N-ethyl adjacent to an activating group) is 1. The SMILES string of the molecule is CO[C@H](COc1cc(C(C)=O)cc2ccc(N(C)C)cc12)COP(=O)(O)OCC[N+](C)(C)C. The first-order chi connectivity index (χ1) is 15.3. The number of methoxy groups -OCH3 is 1. The number of quaternary nitrogens is 1. The van der Waals surface area contributed by atoms with Gasteiger partial charge < -0.3 is 23.8 Å². The third kappa shape index (κ3) is 8.70. The number of rotatable bonds is 13. The minimum absolute atomic E-state index is 0.0536. The molecule has 0 heterocycles. The Kier molecular flexibility index (Phi) is 9.43. The van der Waals surface area contributed by atoms with Crippen molar-refractivity contribution in [1.29, 1.82) is 0 Å². The Morgan fingerprint density at radius 1 is 1.12 bits per heavy atom. The Labute approximate surface area is 196 Å². The highest BCUT2D eigenvalue weighted by atomic mass is 31.2. The van der Waals surface area contributed by atoms with Crippen molar-refractivity contribution in [3.05, 3.63) is 35.9 Å². The van der Waals surface area contributed by atoms with Gasteiger partial charge in [0.05, 0.1) is 27.7 Å². The Morgan fingerprint density at radius 3 is 2.39 bits per heavy atom. The molecule has 0 aliphatic rings. The number of anilines is 1. The Hall–Kier alpha value is -2.00. The molecule has 0 spiro atoms. The number of ketones is 1. The van der Waals surface area contributed by atoms with Crippen LogP contribution in [0.4, 0.5) is 5.69 Å². The van der Waals surface area contributed by atoms with Crippen LogP contribution < -0.4 is 9.64 Å². The molecule has 0 saturated carbocycles. The number of nitrogens with zero attached hydrogens (tertiary/aromatic N) is 2. The van der Waals surface area contributed by atoms with Crippen molar-refractivity contribution >= 4 is 30.1 Å². The average molecular weight is 484 g/mol. The van der Waals surface area contributed by atoms with Crippen molar-refractivity contribution in [2.75, 3.05) is 73.6 Å². The molecule has 0 saturated heterocycles. The molecule has 1 N–H and O–H groups in total. The van der Waals surface area contributed by atoms with Crippen LogP contribution in [0, 0.1) is 0 Å². The van der Waals surface area contributed by atoms with Crippen LogP contribution in [0.25, 0.3) is 10.8 Å². The molecule has 0 aliphatic heterocycles. The molecule has 0 aliphatic carbocycles. The summed E-state index contributed by atoms with van der Waals surface area (Å²) in [5.74, 6) is 0.451. The quantitative estimate of drug-likeness (QED) is 0.263. The Morgan fingerprint density at radius 2 is 1.82 bits per heavy atom. The van der Waals surface area contributed by atoms with Gasteiger partial charge in [0, 0.05) is 37.8 Å². The maximum absolute atomic E-state index is 12.2. The van der Waals surface area contributed by atoms with E-state index in [0.29, 0.717) is 22.3 Å². The molecule has 184 valence electrons. The second-order valence-corrected chi connectivity index (χ2v) is 10.6. The molecular formula is C23H36N2O7P+. The third-order valence-electron chi connectivity index (χ3n) is 5.02. The van der Waals surface area contributed by atoms with Crippen LogP contribution in [-0.4, -0.2) is 90.0 Å². The molecule has 0 radical (unpaired) electrons. The fourth-order valence-corrected chi connectivity index (χ4v) is 3.67. The van der Waals surface area contributed by atoms with Gasteiger partial charge >= 0.3 is 7.82 Å². The van der Waals surface area contributed by atoms with Crippen molar-refractivity contribution in [3.63, 3.8) is 0 Å². The van der Waals surface area contributed by atoms with E-state index in [1.54, 1.807) is 6.07 Å².